The fourth-order valence-corrected chi connectivity index (χ4v) is 3.15. The first kappa shape index (κ1) is 15.2. The van der Waals surface area contributed by atoms with E-state index in [9.17, 15) is 4.79 Å². The number of hydrogen-bond acceptors (Lipinski definition) is 3. The van der Waals surface area contributed by atoms with Crippen LogP contribution in [0.4, 0.5) is 5.69 Å². The van der Waals surface area contributed by atoms with Gasteiger partial charge in [-0.05, 0) is 37.0 Å². The third kappa shape index (κ3) is 2.95. The number of carbonyl (C=O) groups excluding carboxylic acids is 1. The predicted octanol–water partition coefficient (Wildman–Crippen LogP) is 4.32. The lowest BCUT2D eigenvalue weighted by Gasteiger charge is -2.36. The van der Waals surface area contributed by atoms with Crippen molar-refractivity contribution in [1.82, 2.24) is 0 Å². The van der Waals surface area contributed by atoms with Crippen LogP contribution in [0.1, 0.15) is 40.5 Å². The molecule has 1 N–H and O–H groups in total. The molecule has 0 fully saturated rings. The van der Waals surface area contributed by atoms with Gasteiger partial charge in [-0.3, -0.25) is 4.79 Å². The van der Waals surface area contributed by atoms with Gasteiger partial charge in [-0.1, -0.05) is 27.7 Å². The Bertz CT molecular complexity index is 495. The lowest BCUT2D eigenvalue weighted by atomic mass is 9.94. The summed E-state index contributed by atoms with van der Waals surface area (Å²) in [6.45, 7) is 8.38. The normalized spacial score (nSPS) is 16.6. The molecular weight excluding hydrogens is 270 g/mol. The second-order valence-electron chi connectivity index (χ2n) is 5.62. The predicted molar refractivity (Wildman–Crippen MR) is 84.6 cm³/mol. The number of fused-ring (bicyclic) bond motifs is 1. The van der Waals surface area contributed by atoms with Crippen LogP contribution in [0.25, 0.3) is 0 Å². The van der Waals surface area contributed by atoms with Crippen LogP contribution in [0.15, 0.2) is 23.1 Å². The molecule has 0 unspecified atom stereocenters. The molecule has 0 atom stereocenters. The van der Waals surface area contributed by atoms with E-state index < -0.39 is 5.60 Å². The standard InChI is InChI=1S/C16H23NO2S/c1-5-16(6-2)15(18)17-13-9-12(20-10-11(3)4)7-8-14(13)19-16/h7-9,11H,5-6,10H2,1-4H3,(H,17,18). The van der Waals surface area contributed by atoms with Crippen molar-refractivity contribution in [2.45, 2.75) is 51.0 Å². The fourth-order valence-electron chi connectivity index (χ4n) is 2.26. The summed E-state index contributed by atoms with van der Waals surface area (Å²) in [6.07, 6.45) is 1.36. The number of benzene rings is 1. The molecule has 1 heterocycles. The molecule has 0 radical (unpaired) electrons. The van der Waals surface area contributed by atoms with Gasteiger partial charge in [0.1, 0.15) is 5.75 Å². The molecule has 1 aromatic carbocycles. The van der Waals surface area contributed by atoms with Crippen molar-refractivity contribution in [3.05, 3.63) is 18.2 Å². The molecule has 1 aliphatic rings. The third-order valence-electron chi connectivity index (χ3n) is 3.64. The number of ether oxygens (including phenoxy) is 1. The molecule has 1 amide bonds. The highest BCUT2D eigenvalue weighted by atomic mass is 32.2. The molecule has 1 aromatic rings. The number of amides is 1. The van der Waals surface area contributed by atoms with E-state index in [-0.39, 0.29) is 5.91 Å². The van der Waals surface area contributed by atoms with Gasteiger partial charge in [-0.2, -0.15) is 0 Å². The van der Waals surface area contributed by atoms with E-state index >= 15 is 0 Å². The molecule has 0 bridgehead atoms. The van der Waals surface area contributed by atoms with Crippen molar-refractivity contribution in [3.8, 4) is 5.75 Å². The van der Waals surface area contributed by atoms with Crippen LogP contribution in [0.2, 0.25) is 0 Å². The second kappa shape index (κ2) is 6.08. The van der Waals surface area contributed by atoms with Crippen LogP contribution in [0.5, 0.6) is 5.75 Å². The average molecular weight is 293 g/mol. The summed E-state index contributed by atoms with van der Waals surface area (Å²) < 4.78 is 5.99. The Balaban J connectivity index is 2.21. The van der Waals surface area contributed by atoms with Gasteiger partial charge in [0.15, 0.2) is 5.60 Å². The number of thioether (sulfide) groups is 1. The number of hydrogen-bond donors (Lipinski definition) is 1. The summed E-state index contributed by atoms with van der Waals surface area (Å²) in [7, 11) is 0. The largest absolute Gasteiger partial charge is 0.475 e. The molecular formula is C16H23NO2S. The van der Waals surface area contributed by atoms with Gasteiger partial charge < -0.3 is 10.1 Å². The molecule has 2 rings (SSSR count). The van der Waals surface area contributed by atoms with Gasteiger partial charge in [0.2, 0.25) is 0 Å². The molecule has 0 aliphatic carbocycles. The fraction of sp³-hybridized carbons (Fsp3) is 0.562. The first-order valence-electron chi connectivity index (χ1n) is 7.28. The van der Waals surface area contributed by atoms with E-state index in [1.54, 1.807) is 0 Å². The quantitative estimate of drug-likeness (QED) is 0.821. The molecule has 0 saturated heterocycles. The third-order valence-corrected chi connectivity index (χ3v) is 5.06. The summed E-state index contributed by atoms with van der Waals surface area (Å²) in [6, 6.07) is 6.05. The molecule has 4 heteroatoms. The maximum atomic E-state index is 12.3. The molecule has 3 nitrogen and oxygen atoms in total. The maximum absolute atomic E-state index is 12.3. The number of carbonyl (C=O) groups is 1. The van der Waals surface area contributed by atoms with Crippen LogP contribution >= 0.6 is 11.8 Å². The van der Waals surface area contributed by atoms with Crippen molar-refractivity contribution in [1.29, 1.82) is 0 Å². The Morgan fingerprint density at radius 2 is 2.00 bits per heavy atom. The Hall–Kier alpha value is -1.16. The Labute approximate surface area is 125 Å². The van der Waals surface area contributed by atoms with E-state index in [2.05, 4.69) is 25.2 Å². The van der Waals surface area contributed by atoms with E-state index in [4.69, 9.17) is 4.74 Å². The zero-order chi connectivity index (χ0) is 14.8. The van der Waals surface area contributed by atoms with Crippen molar-refractivity contribution < 1.29 is 9.53 Å². The zero-order valence-corrected chi connectivity index (χ0v) is 13.5. The lowest BCUT2D eigenvalue weighted by molar-refractivity contribution is -0.133. The maximum Gasteiger partial charge on any atom is 0.268 e. The van der Waals surface area contributed by atoms with Crippen molar-refractivity contribution >= 4 is 23.4 Å². The molecule has 20 heavy (non-hydrogen) atoms. The highest BCUT2D eigenvalue weighted by Gasteiger charge is 2.41. The van der Waals surface area contributed by atoms with E-state index in [1.807, 2.05) is 37.7 Å². The molecule has 110 valence electrons. The summed E-state index contributed by atoms with van der Waals surface area (Å²) in [5, 5.41) is 3.00. The molecule has 0 saturated carbocycles. The minimum Gasteiger partial charge on any atom is -0.475 e. The molecule has 1 aliphatic heterocycles. The summed E-state index contributed by atoms with van der Waals surface area (Å²) >= 11 is 1.81. The van der Waals surface area contributed by atoms with Crippen LogP contribution in [-0.4, -0.2) is 17.3 Å². The summed E-state index contributed by atoms with van der Waals surface area (Å²) in [5.41, 5.74) is 0.0841. The summed E-state index contributed by atoms with van der Waals surface area (Å²) in [5.74, 6) is 2.47. The SMILES string of the molecule is CCC1(CC)Oc2ccc(SCC(C)C)cc2NC1=O. The van der Waals surface area contributed by atoms with Gasteiger partial charge in [-0.25, -0.2) is 0 Å². The topological polar surface area (TPSA) is 38.3 Å². The lowest BCUT2D eigenvalue weighted by Crippen LogP contribution is -2.49. The second-order valence-corrected chi connectivity index (χ2v) is 6.71. The first-order valence-corrected chi connectivity index (χ1v) is 8.26. The highest BCUT2D eigenvalue weighted by molar-refractivity contribution is 7.99. The van der Waals surface area contributed by atoms with Crippen molar-refractivity contribution in [3.63, 3.8) is 0 Å². The number of anilines is 1. The Kier molecular flexibility index (Phi) is 4.63. The minimum absolute atomic E-state index is 0.0268. The highest BCUT2D eigenvalue weighted by Crippen LogP contribution is 2.39. The minimum atomic E-state index is -0.709. The van der Waals surface area contributed by atoms with Crippen LogP contribution < -0.4 is 10.1 Å². The number of rotatable bonds is 5. The van der Waals surface area contributed by atoms with Gasteiger partial charge in [-0.15, -0.1) is 11.8 Å². The van der Waals surface area contributed by atoms with Gasteiger partial charge in [0.25, 0.3) is 5.91 Å². The van der Waals surface area contributed by atoms with Crippen LogP contribution in [0, 0.1) is 5.92 Å². The smallest absolute Gasteiger partial charge is 0.268 e. The van der Waals surface area contributed by atoms with E-state index in [0.29, 0.717) is 18.8 Å². The van der Waals surface area contributed by atoms with Crippen LogP contribution in [0.3, 0.4) is 0 Å². The number of nitrogens with one attached hydrogen (secondary N) is 1. The molecule has 0 aromatic heterocycles. The summed E-state index contributed by atoms with van der Waals surface area (Å²) in [4.78, 5) is 13.4. The zero-order valence-electron chi connectivity index (χ0n) is 12.7. The van der Waals surface area contributed by atoms with Crippen molar-refractivity contribution in [2.24, 2.45) is 5.92 Å². The Morgan fingerprint density at radius 1 is 1.30 bits per heavy atom. The van der Waals surface area contributed by atoms with Crippen molar-refractivity contribution in [2.75, 3.05) is 11.1 Å². The van der Waals surface area contributed by atoms with E-state index in [1.165, 1.54) is 4.90 Å². The van der Waals surface area contributed by atoms with Gasteiger partial charge >= 0.3 is 0 Å². The average Bonchev–Trinajstić information content (AvgIpc) is 2.44. The van der Waals surface area contributed by atoms with Crippen LogP contribution in [-0.2, 0) is 4.79 Å². The van der Waals surface area contributed by atoms with Gasteiger partial charge in [0, 0.05) is 10.6 Å². The Morgan fingerprint density at radius 3 is 2.60 bits per heavy atom. The van der Waals surface area contributed by atoms with E-state index in [0.717, 1.165) is 17.2 Å². The monoisotopic (exact) mass is 293 g/mol. The first-order chi connectivity index (χ1) is 9.50. The molecule has 0 spiro atoms. The van der Waals surface area contributed by atoms with Gasteiger partial charge in [0.05, 0.1) is 5.69 Å².